The van der Waals surface area contributed by atoms with Crippen molar-refractivity contribution in [2.45, 2.75) is 51.7 Å². The van der Waals surface area contributed by atoms with Crippen LogP contribution in [0, 0.1) is 0 Å². The summed E-state index contributed by atoms with van der Waals surface area (Å²) in [4.78, 5) is 29.1. The topological polar surface area (TPSA) is 75.0 Å². The molecule has 7 heteroatoms. The lowest BCUT2D eigenvalue weighted by Gasteiger charge is -2.33. The summed E-state index contributed by atoms with van der Waals surface area (Å²) in [6, 6.07) is 10.4. The van der Waals surface area contributed by atoms with E-state index >= 15 is 0 Å². The molecule has 1 aromatic heterocycles. The average Bonchev–Trinajstić information content (AvgIpc) is 3.32. The van der Waals surface area contributed by atoms with Gasteiger partial charge in [-0.2, -0.15) is 0 Å². The van der Waals surface area contributed by atoms with Crippen LogP contribution in [0.15, 0.2) is 41.0 Å². The maximum Gasteiger partial charge on any atom is 0.407 e. The van der Waals surface area contributed by atoms with Gasteiger partial charge in [0.05, 0.1) is 25.0 Å². The van der Waals surface area contributed by atoms with E-state index in [4.69, 9.17) is 9.15 Å². The van der Waals surface area contributed by atoms with Gasteiger partial charge in [0, 0.05) is 30.9 Å². The third-order valence-corrected chi connectivity index (χ3v) is 5.94. The molecule has 4 rings (SSSR count). The predicted molar refractivity (Wildman–Crippen MR) is 114 cm³/mol. The van der Waals surface area contributed by atoms with E-state index in [1.165, 1.54) is 11.3 Å². The molecule has 160 valence electrons. The highest BCUT2D eigenvalue weighted by molar-refractivity contribution is 5.95. The van der Waals surface area contributed by atoms with Crippen LogP contribution in [0.3, 0.4) is 0 Å². The summed E-state index contributed by atoms with van der Waals surface area (Å²) in [5.41, 5.74) is 3.13. The SMILES string of the molecule is CCOC(=O)NC1CCCN(C(=O)c2ccoc2CN2c3ccccc3CC2C)C1. The van der Waals surface area contributed by atoms with E-state index in [0.717, 1.165) is 19.3 Å². The molecule has 0 radical (unpaired) electrons. The Bertz CT molecular complexity index is 909. The van der Waals surface area contributed by atoms with Gasteiger partial charge in [-0.15, -0.1) is 0 Å². The molecule has 30 heavy (non-hydrogen) atoms. The third kappa shape index (κ3) is 4.15. The molecular weight excluding hydrogens is 382 g/mol. The Hall–Kier alpha value is -2.96. The number of carbonyl (C=O) groups is 2. The number of furan rings is 1. The van der Waals surface area contributed by atoms with Crippen LogP contribution in [-0.2, 0) is 17.7 Å². The van der Waals surface area contributed by atoms with Crippen molar-refractivity contribution in [2.24, 2.45) is 0 Å². The Morgan fingerprint density at radius 1 is 1.27 bits per heavy atom. The van der Waals surface area contributed by atoms with Crippen LogP contribution in [0.5, 0.6) is 0 Å². The Morgan fingerprint density at radius 2 is 2.10 bits per heavy atom. The Labute approximate surface area is 177 Å². The molecule has 1 N–H and O–H groups in total. The van der Waals surface area contributed by atoms with Gasteiger partial charge in [-0.1, -0.05) is 18.2 Å². The van der Waals surface area contributed by atoms with Crippen molar-refractivity contribution in [3.63, 3.8) is 0 Å². The Balaban J connectivity index is 1.45. The van der Waals surface area contributed by atoms with Crippen molar-refractivity contribution in [1.82, 2.24) is 10.2 Å². The van der Waals surface area contributed by atoms with E-state index < -0.39 is 6.09 Å². The lowest BCUT2D eigenvalue weighted by molar-refractivity contribution is 0.0683. The molecule has 7 nitrogen and oxygen atoms in total. The third-order valence-electron chi connectivity index (χ3n) is 5.94. The second-order valence-electron chi connectivity index (χ2n) is 8.02. The molecule has 0 spiro atoms. The fraction of sp³-hybridized carbons (Fsp3) is 0.478. The number of nitrogens with one attached hydrogen (secondary N) is 1. The van der Waals surface area contributed by atoms with E-state index in [0.29, 0.717) is 43.6 Å². The summed E-state index contributed by atoms with van der Waals surface area (Å²) < 4.78 is 10.7. The van der Waals surface area contributed by atoms with Gasteiger partial charge in [0.25, 0.3) is 5.91 Å². The lowest BCUT2D eigenvalue weighted by Crippen LogP contribution is -2.49. The molecule has 2 amide bonds. The zero-order valence-corrected chi connectivity index (χ0v) is 17.6. The number of fused-ring (bicyclic) bond motifs is 1. The highest BCUT2D eigenvalue weighted by atomic mass is 16.5. The monoisotopic (exact) mass is 411 g/mol. The predicted octanol–water partition coefficient (Wildman–Crippen LogP) is 3.58. The highest BCUT2D eigenvalue weighted by Crippen LogP contribution is 2.33. The van der Waals surface area contributed by atoms with Crippen LogP contribution in [0.4, 0.5) is 10.5 Å². The second kappa shape index (κ2) is 8.81. The number of rotatable bonds is 5. The van der Waals surface area contributed by atoms with E-state index in [1.54, 1.807) is 24.2 Å². The first kappa shape index (κ1) is 20.3. The minimum Gasteiger partial charge on any atom is -0.467 e. The number of likely N-dealkylation sites (tertiary alicyclic amines) is 1. The molecule has 2 atom stereocenters. The maximum atomic E-state index is 13.2. The fourth-order valence-corrected chi connectivity index (χ4v) is 4.47. The van der Waals surface area contributed by atoms with E-state index in [1.807, 2.05) is 6.07 Å². The Kier molecular flexibility index (Phi) is 5.97. The molecular formula is C23H29N3O4. The lowest BCUT2D eigenvalue weighted by atomic mass is 10.0. The average molecular weight is 412 g/mol. The molecule has 2 aromatic rings. The molecule has 0 aliphatic carbocycles. The first-order valence-corrected chi connectivity index (χ1v) is 10.7. The van der Waals surface area contributed by atoms with Crippen molar-refractivity contribution in [3.05, 3.63) is 53.5 Å². The quantitative estimate of drug-likeness (QED) is 0.814. The van der Waals surface area contributed by atoms with Gasteiger partial charge in [0.15, 0.2) is 0 Å². The van der Waals surface area contributed by atoms with Crippen LogP contribution < -0.4 is 10.2 Å². The largest absolute Gasteiger partial charge is 0.467 e. The first-order valence-electron chi connectivity index (χ1n) is 10.7. The van der Waals surface area contributed by atoms with Crippen molar-refractivity contribution in [3.8, 4) is 0 Å². The minimum absolute atomic E-state index is 0.0470. The zero-order valence-electron chi connectivity index (χ0n) is 17.6. The summed E-state index contributed by atoms with van der Waals surface area (Å²) in [7, 11) is 0. The first-order chi connectivity index (χ1) is 14.6. The van der Waals surface area contributed by atoms with Crippen LogP contribution in [0.2, 0.25) is 0 Å². The van der Waals surface area contributed by atoms with Gasteiger partial charge in [-0.25, -0.2) is 4.79 Å². The zero-order chi connectivity index (χ0) is 21.1. The maximum absolute atomic E-state index is 13.2. The van der Waals surface area contributed by atoms with Crippen LogP contribution in [0.1, 0.15) is 48.4 Å². The molecule has 1 fully saturated rings. The number of piperidine rings is 1. The number of carbonyl (C=O) groups excluding carboxylic acids is 2. The molecule has 2 unspecified atom stereocenters. The van der Waals surface area contributed by atoms with Gasteiger partial charge in [0.2, 0.25) is 0 Å². The standard InChI is InChI=1S/C23H29N3O4/c1-3-29-23(28)24-18-8-6-11-25(14-18)22(27)19-10-12-30-21(19)15-26-16(2)13-17-7-4-5-9-20(17)26/h4-5,7,9-10,12,16,18H,3,6,8,11,13-15H2,1-2H3,(H,24,28). The normalized spacial score (nSPS) is 20.7. The molecule has 0 bridgehead atoms. The summed E-state index contributed by atoms with van der Waals surface area (Å²) in [5.74, 6) is 0.637. The fourth-order valence-electron chi connectivity index (χ4n) is 4.47. The number of nitrogens with zero attached hydrogens (tertiary/aromatic N) is 2. The summed E-state index contributed by atoms with van der Waals surface area (Å²) in [6.45, 7) is 6.01. The summed E-state index contributed by atoms with van der Waals surface area (Å²) in [6.07, 6.45) is 3.83. The molecule has 2 aliphatic heterocycles. The number of benzene rings is 1. The highest BCUT2D eigenvalue weighted by Gasteiger charge is 2.31. The number of hydrogen-bond acceptors (Lipinski definition) is 5. The van der Waals surface area contributed by atoms with Gasteiger partial charge < -0.3 is 24.3 Å². The van der Waals surface area contributed by atoms with Crippen LogP contribution in [0.25, 0.3) is 0 Å². The number of alkyl carbamates (subject to hydrolysis) is 1. The van der Waals surface area contributed by atoms with Crippen molar-refractivity contribution >= 4 is 17.7 Å². The number of para-hydroxylation sites is 1. The Morgan fingerprint density at radius 3 is 2.93 bits per heavy atom. The second-order valence-corrected chi connectivity index (χ2v) is 8.02. The van der Waals surface area contributed by atoms with Crippen LogP contribution in [-0.4, -0.2) is 48.7 Å². The summed E-state index contributed by atoms with van der Waals surface area (Å²) in [5, 5.41) is 2.85. The van der Waals surface area contributed by atoms with Crippen molar-refractivity contribution in [1.29, 1.82) is 0 Å². The molecule has 1 saturated heterocycles. The van der Waals surface area contributed by atoms with Crippen molar-refractivity contribution < 1.29 is 18.7 Å². The number of hydrogen-bond donors (Lipinski definition) is 1. The minimum atomic E-state index is -0.428. The van der Waals surface area contributed by atoms with E-state index in [2.05, 4.69) is 35.3 Å². The number of anilines is 1. The van der Waals surface area contributed by atoms with Gasteiger partial charge in [-0.05, 0) is 50.8 Å². The molecule has 0 saturated carbocycles. The number of ether oxygens (including phenoxy) is 1. The molecule has 1 aromatic carbocycles. The summed E-state index contributed by atoms with van der Waals surface area (Å²) >= 11 is 0. The van der Waals surface area contributed by atoms with E-state index in [-0.39, 0.29) is 11.9 Å². The smallest absolute Gasteiger partial charge is 0.407 e. The molecule has 3 heterocycles. The van der Waals surface area contributed by atoms with Crippen molar-refractivity contribution in [2.75, 3.05) is 24.6 Å². The van der Waals surface area contributed by atoms with Gasteiger partial charge in [0.1, 0.15) is 5.76 Å². The van der Waals surface area contributed by atoms with Gasteiger partial charge in [-0.3, -0.25) is 4.79 Å². The van der Waals surface area contributed by atoms with Gasteiger partial charge >= 0.3 is 6.09 Å². The number of amides is 2. The van der Waals surface area contributed by atoms with E-state index in [9.17, 15) is 9.59 Å². The van der Waals surface area contributed by atoms with Crippen LogP contribution >= 0.6 is 0 Å². The molecule has 2 aliphatic rings.